The van der Waals surface area contributed by atoms with Gasteiger partial charge in [0, 0.05) is 53.0 Å². The Morgan fingerprint density at radius 3 is 2.87 bits per heavy atom. The predicted octanol–water partition coefficient (Wildman–Crippen LogP) is 1.82. The van der Waals surface area contributed by atoms with Crippen LogP contribution in [0.25, 0.3) is 0 Å². The van der Waals surface area contributed by atoms with Crippen molar-refractivity contribution in [2.75, 3.05) is 46.6 Å². The molecule has 0 bridgehead atoms. The average Bonchev–Trinajstić information content (AvgIpc) is 3.10. The molecule has 0 aliphatic carbocycles. The normalized spacial score (nSPS) is 16.5. The quantitative estimate of drug-likeness (QED) is 0.412. The Balaban J connectivity index is 1.45. The summed E-state index contributed by atoms with van der Waals surface area (Å²) in [5.74, 6) is 2.48. The maximum absolute atomic E-state index is 5.75. The average molecular weight is 323 g/mol. The lowest BCUT2D eigenvalue weighted by Gasteiger charge is -2.21. The molecule has 0 amide bonds. The minimum Gasteiger partial charge on any atom is -0.469 e. The molecule has 0 radical (unpaired) electrons. The summed E-state index contributed by atoms with van der Waals surface area (Å²) >= 11 is 0. The van der Waals surface area contributed by atoms with Crippen molar-refractivity contribution < 1.29 is 13.9 Å². The lowest BCUT2D eigenvalue weighted by molar-refractivity contribution is 0.0203. The predicted molar refractivity (Wildman–Crippen MR) is 90.8 cm³/mol. The summed E-state index contributed by atoms with van der Waals surface area (Å²) in [6, 6.07) is 3.89. The van der Waals surface area contributed by atoms with Crippen molar-refractivity contribution in [2.45, 2.75) is 25.7 Å². The minimum absolute atomic E-state index is 0.674. The Hall–Kier alpha value is -1.53. The number of aliphatic imine (C=N–C) groups is 1. The second kappa shape index (κ2) is 11.1. The minimum atomic E-state index is 0.674. The van der Waals surface area contributed by atoms with Crippen LogP contribution in [-0.4, -0.2) is 52.5 Å². The summed E-state index contributed by atoms with van der Waals surface area (Å²) in [7, 11) is 1.78. The standard InChI is InChI=1S/C17H29N3O3/c1-18-17(20-9-5-16-4-2-11-23-16)19-8-3-10-22-14-15-6-12-21-13-7-15/h2,4,11,15H,3,5-10,12-14H2,1H3,(H2,18,19,20). The summed E-state index contributed by atoms with van der Waals surface area (Å²) in [4.78, 5) is 4.21. The van der Waals surface area contributed by atoms with E-state index in [2.05, 4.69) is 15.6 Å². The van der Waals surface area contributed by atoms with Gasteiger partial charge in [0.15, 0.2) is 5.96 Å². The maximum Gasteiger partial charge on any atom is 0.190 e. The Morgan fingerprint density at radius 1 is 1.30 bits per heavy atom. The summed E-state index contributed by atoms with van der Waals surface area (Å²) in [6.45, 7) is 5.07. The molecule has 0 aromatic carbocycles. The van der Waals surface area contributed by atoms with Crippen LogP contribution in [-0.2, 0) is 15.9 Å². The SMILES string of the molecule is CN=C(NCCCOCC1CCOCC1)NCCc1ccco1. The van der Waals surface area contributed by atoms with Gasteiger partial charge in [0.1, 0.15) is 5.76 Å². The molecular formula is C17H29N3O3. The topological polar surface area (TPSA) is 68.0 Å². The van der Waals surface area contributed by atoms with E-state index in [9.17, 15) is 0 Å². The van der Waals surface area contributed by atoms with Gasteiger partial charge in [-0.3, -0.25) is 4.99 Å². The van der Waals surface area contributed by atoms with E-state index in [0.29, 0.717) is 5.92 Å². The van der Waals surface area contributed by atoms with E-state index in [0.717, 1.165) is 76.9 Å². The van der Waals surface area contributed by atoms with E-state index in [1.54, 1.807) is 13.3 Å². The van der Waals surface area contributed by atoms with Crippen molar-refractivity contribution >= 4 is 5.96 Å². The molecule has 0 saturated carbocycles. The fourth-order valence-corrected chi connectivity index (χ4v) is 2.52. The smallest absolute Gasteiger partial charge is 0.190 e. The van der Waals surface area contributed by atoms with E-state index >= 15 is 0 Å². The first-order chi connectivity index (χ1) is 11.4. The maximum atomic E-state index is 5.75. The van der Waals surface area contributed by atoms with Crippen LogP contribution in [0.2, 0.25) is 0 Å². The van der Waals surface area contributed by atoms with Crippen LogP contribution >= 0.6 is 0 Å². The van der Waals surface area contributed by atoms with Crippen molar-refractivity contribution in [3.63, 3.8) is 0 Å². The van der Waals surface area contributed by atoms with Crippen LogP contribution < -0.4 is 10.6 Å². The number of rotatable bonds is 9. The van der Waals surface area contributed by atoms with Crippen molar-refractivity contribution in [3.05, 3.63) is 24.2 Å². The number of hydrogen-bond acceptors (Lipinski definition) is 4. The van der Waals surface area contributed by atoms with Gasteiger partial charge in [-0.15, -0.1) is 0 Å². The Kier molecular flexibility index (Phi) is 8.58. The molecule has 2 N–H and O–H groups in total. The third-order valence-electron chi connectivity index (χ3n) is 3.92. The highest BCUT2D eigenvalue weighted by atomic mass is 16.5. The van der Waals surface area contributed by atoms with Crippen molar-refractivity contribution in [1.82, 2.24) is 10.6 Å². The molecular weight excluding hydrogens is 294 g/mol. The molecule has 1 fully saturated rings. The Bertz CT molecular complexity index is 428. The second-order valence-corrected chi connectivity index (χ2v) is 5.74. The number of hydrogen-bond donors (Lipinski definition) is 2. The zero-order valence-corrected chi connectivity index (χ0v) is 14.1. The van der Waals surface area contributed by atoms with Gasteiger partial charge in [-0.2, -0.15) is 0 Å². The fraction of sp³-hybridized carbons (Fsp3) is 0.706. The molecule has 2 rings (SSSR count). The molecule has 0 spiro atoms. The highest BCUT2D eigenvalue weighted by Gasteiger charge is 2.13. The zero-order valence-electron chi connectivity index (χ0n) is 14.1. The summed E-state index contributed by atoms with van der Waals surface area (Å²) < 4.78 is 16.4. The number of furan rings is 1. The number of nitrogens with one attached hydrogen (secondary N) is 2. The van der Waals surface area contributed by atoms with E-state index in [1.807, 2.05) is 12.1 Å². The highest BCUT2D eigenvalue weighted by molar-refractivity contribution is 5.79. The van der Waals surface area contributed by atoms with Crippen molar-refractivity contribution in [2.24, 2.45) is 10.9 Å². The molecule has 1 aromatic heterocycles. The number of guanidine groups is 1. The van der Waals surface area contributed by atoms with Crippen LogP contribution in [0.3, 0.4) is 0 Å². The van der Waals surface area contributed by atoms with Crippen LogP contribution in [0.1, 0.15) is 25.0 Å². The second-order valence-electron chi connectivity index (χ2n) is 5.74. The van der Waals surface area contributed by atoms with Gasteiger partial charge in [0.25, 0.3) is 0 Å². The molecule has 6 heteroatoms. The first kappa shape index (κ1) is 17.8. The van der Waals surface area contributed by atoms with Crippen LogP contribution in [0.4, 0.5) is 0 Å². The lowest BCUT2D eigenvalue weighted by Crippen LogP contribution is -2.39. The van der Waals surface area contributed by atoms with Gasteiger partial charge < -0.3 is 24.5 Å². The van der Waals surface area contributed by atoms with Gasteiger partial charge in [-0.25, -0.2) is 0 Å². The van der Waals surface area contributed by atoms with Gasteiger partial charge in [0.05, 0.1) is 6.26 Å². The number of nitrogens with zero attached hydrogens (tertiary/aromatic N) is 1. The first-order valence-corrected chi connectivity index (χ1v) is 8.51. The Labute approximate surface area is 138 Å². The zero-order chi connectivity index (χ0) is 16.2. The molecule has 1 saturated heterocycles. The molecule has 1 aliphatic rings. The van der Waals surface area contributed by atoms with E-state index in [1.165, 1.54) is 0 Å². The fourth-order valence-electron chi connectivity index (χ4n) is 2.52. The molecule has 2 heterocycles. The third-order valence-corrected chi connectivity index (χ3v) is 3.92. The lowest BCUT2D eigenvalue weighted by atomic mass is 10.0. The summed E-state index contributed by atoms with van der Waals surface area (Å²) in [5, 5.41) is 6.57. The van der Waals surface area contributed by atoms with Crippen LogP contribution in [0, 0.1) is 5.92 Å². The van der Waals surface area contributed by atoms with E-state index in [-0.39, 0.29) is 0 Å². The van der Waals surface area contributed by atoms with Gasteiger partial charge >= 0.3 is 0 Å². The molecule has 130 valence electrons. The monoisotopic (exact) mass is 323 g/mol. The van der Waals surface area contributed by atoms with Gasteiger partial charge in [0.2, 0.25) is 0 Å². The summed E-state index contributed by atoms with van der Waals surface area (Å²) in [6.07, 6.45) is 5.78. The number of ether oxygens (including phenoxy) is 2. The third kappa shape index (κ3) is 7.52. The van der Waals surface area contributed by atoms with E-state index in [4.69, 9.17) is 13.9 Å². The molecule has 23 heavy (non-hydrogen) atoms. The largest absolute Gasteiger partial charge is 0.469 e. The van der Waals surface area contributed by atoms with Crippen LogP contribution in [0.15, 0.2) is 27.8 Å². The highest BCUT2D eigenvalue weighted by Crippen LogP contribution is 2.14. The van der Waals surface area contributed by atoms with Gasteiger partial charge in [-0.1, -0.05) is 0 Å². The van der Waals surface area contributed by atoms with Gasteiger partial charge in [-0.05, 0) is 37.3 Å². The first-order valence-electron chi connectivity index (χ1n) is 8.51. The summed E-state index contributed by atoms with van der Waals surface area (Å²) in [5.41, 5.74) is 0. The Morgan fingerprint density at radius 2 is 2.13 bits per heavy atom. The molecule has 6 nitrogen and oxygen atoms in total. The van der Waals surface area contributed by atoms with E-state index < -0.39 is 0 Å². The van der Waals surface area contributed by atoms with Crippen LogP contribution in [0.5, 0.6) is 0 Å². The molecule has 1 aromatic rings. The van der Waals surface area contributed by atoms with Crippen molar-refractivity contribution in [3.8, 4) is 0 Å². The molecule has 0 atom stereocenters. The van der Waals surface area contributed by atoms with Crippen molar-refractivity contribution in [1.29, 1.82) is 0 Å². The molecule has 1 aliphatic heterocycles. The molecule has 0 unspecified atom stereocenters.